The van der Waals surface area contributed by atoms with Crippen molar-refractivity contribution in [1.29, 1.82) is 0 Å². The van der Waals surface area contributed by atoms with E-state index in [-0.39, 0.29) is 12.0 Å². The predicted octanol–water partition coefficient (Wildman–Crippen LogP) is 3.26. The molecule has 1 unspecified atom stereocenters. The van der Waals surface area contributed by atoms with Crippen LogP contribution in [0.2, 0.25) is 5.02 Å². The lowest BCUT2D eigenvalue weighted by Gasteiger charge is -2.33. The molecule has 1 aliphatic heterocycles. The molecule has 0 aliphatic carbocycles. The quantitative estimate of drug-likeness (QED) is 0.799. The first-order valence-electron chi connectivity index (χ1n) is 6.41. The van der Waals surface area contributed by atoms with E-state index in [2.05, 4.69) is 0 Å². The smallest absolute Gasteiger partial charge is 0.222 e. The van der Waals surface area contributed by atoms with Gasteiger partial charge in [-0.1, -0.05) is 23.7 Å². The Morgan fingerprint density at radius 3 is 2.79 bits per heavy atom. The Labute approximate surface area is 123 Å². The fourth-order valence-corrected chi connectivity index (χ4v) is 2.39. The molecular formula is C14H17Cl2NO2. The number of hydrogen-bond donors (Lipinski definition) is 0. The fraction of sp³-hybridized carbons (Fsp3) is 0.500. The van der Waals surface area contributed by atoms with Crippen LogP contribution in [0.4, 0.5) is 0 Å². The largest absolute Gasteiger partial charge is 0.370 e. The highest BCUT2D eigenvalue weighted by molar-refractivity contribution is 6.30. The molecule has 1 aromatic rings. The highest BCUT2D eigenvalue weighted by Crippen LogP contribution is 2.24. The van der Waals surface area contributed by atoms with Crippen LogP contribution >= 0.6 is 23.2 Å². The van der Waals surface area contributed by atoms with E-state index < -0.39 is 0 Å². The van der Waals surface area contributed by atoms with Gasteiger partial charge in [-0.25, -0.2) is 0 Å². The first-order chi connectivity index (χ1) is 9.20. The van der Waals surface area contributed by atoms with Gasteiger partial charge < -0.3 is 9.64 Å². The third kappa shape index (κ3) is 4.10. The number of halogens is 2. The molecule has 0 bridgehead atoms. The molecule has 3 nitrogen and oxygen atoms in total. The molecule has 1 fully saturated rings. The fourth-order valence-electron chi connectivity index (χ4n) is 2.13. The lowest BCUT2D eigenvalue weighted by atomic mass is 10.1. The minimum absolute atomic E-state index is 0.0639. The lowest BCUT2D eigenvalue weighted by molar-refractivity contribution is -0.139. The summed E-state index contributed by atoms with van der Waals surface area (Å²) in [6.45, 7) is 1.83. The normalized spacial score (nSPS) is 19.5. The summed E-state index contributed by atoms with van der Waals surface area (Å²) in [5.41, 5.74) is 1.05. The SMILES string of the molecule is O=C(CCCCl)N1CCOC(c2ccc(Cl)cc2)C1. The molecule has 0 spiro atoms. The van der Waals surface area contributed by atoms with E-state index >= 15 is 0 Å². The first kappa shape index (κ1) is 14.6. The second-order valence-corrected chi connectivity index (χ2v) is 5.36. The number of carbonyl (C=O) groups is 1. The highest BCUT2D eigenvalue weighted by Gasteiger charge is 2.24. The molecule has 0 N–H and O–H groups in total. The number of alkyl halides is 1. The molecule has 0 radical (unpaired) electrons. The molecule has 1 heterocycles. The second kappa shape index (κ2) is 7.13. The van der Waals surface area contributed by atoms with Gasteiger partial charge in [0.1, 0.15) is 6.10 Å². The maximum absolute atomic E-state index is 12.0. The molecule has 2 rings (SSSR count). The third-order valence-corrected chi connectivity index (χ3v) is 3.70. The van der Waals surface area contributed by atoms with Crippen molar-refractivity contribution in [3.05, 3.63) is 34.9 Å². The number of nitrogens with zero attached hydrogens (tertiary/aromatic N) is 1. The summed E-state index contributed by atoms with van der Waals surface area (Å²) < 4.78 is 5.73. The van der Waals surface area contributed by atoms with Crippen molar-refractivity contribution in [3.63, 3.8) is 0 Å². The number of hydrogen-bond acceptors (Lipinski definition) is 2. The predicted molar refractivity (Wildman–Crippen MR) is 76.7 cm³/mol. The minimum atomic E-state index is -0.0639. The van der Waals surface area contributed by atoms with Gasteiger partial charge in [0.05, 0.1) is 13.2 Å². The minimum Gasteiger partial charge on any atom is -0.370 e. The number of carbonyl (C=O) groups excluding carboxylic acids is 1. The van der Waals surface area contributed by atoms with E-state index in [1.54, 1.807) is 0 Å². The second-order valence-electron chi connectivity index (χ2n) is 4.54. The highest BCUT2D eigenvalue weighted by atomic mass is 35.5. The summed E-state index contributed by atoms with van der Waals surface area (Å²) in [5.74, 6) is 0.680. The average molecular weight is 302 g/mol. The molecule has 1 aliphatic rings. The van der Waals surface area contributed by atoms with Crippen LogP contribution < -0.4 is 0 Å². The summed E-state index contributed by atoms with van der Waals surface area (Å²) in [6.07, 6.45) is 1.17. The van der Waals surface area contributed by atoms with E-state index in [9.17, 15) is 4.79 Å². The van der Waals surface area contributed by atoms with Crippen molar-refractivity contribution >= 4 is 29.1 Å². The van der Waals surface area contributed by atoms with Gasteiger partial charge in [-0.15, -0.1) is 11.6 Å². The lowest BCUT2D eigenvalue weighted by Crippen LogP contribution is -2.42. The van der Waals surface area contributed by atoms with Crippen molar-refractivity contribution < 1.29 is 9.53 Å². The molecule has 0 saturated carbocycles. The van der Waals surface area contributed by atoms with Crippen LogP contribution in [0.1, 0.15) is 24.5 Å². The van der Waals surface area contributed by atoms with Crippen LogP contribution in [-0.2, 0) is 9.53 Å². The molecular weight excluding hydrogens is 285 g/mol. The van der Waals surface area contributed by atoms with Gasteiger partial charge in [0.25, 0.3) is 0 Å². The Kier molecular flexibility index (Phi) is 5.49. The van der Waals surface area contributed by atoms with Crippen molar-refractivity contribution in [2.75, 3.05) is 25.6 Å². The summed E-state index contributed by atoms with van der Waals surface area (Å²) in [7, 11) is 0. The summed E-state index contributed by atoms with van der Waals surface area (Å²) >= 11 is 11.5. The van der Waals surface area contributed by atoms with E-state index in [1.807, 2.05) is 29.2 Å². The number of ether oxygens (including phenoxy) is 1. The van der Waals surface area contributed by atoms with Crippen LogP contribution in [0.15, 0.2) is 24.3 Å². The Morgan fingerprint density at radius 2 is 2.11 bits per heavy atom. The average Bonchev–Trinajstić information content (AvgIpc) is 2.45. The van der Waals surface area contributed by atoms with Gasteiger partial charge in [-0.2, -0.15) is 0 Å². The summed E-state index contributed by atoms with van der Waals surface area (Å²) in [4.78, 5) is 13.8. The monoisotopic (exact) mass is 301 g/mol. The maximum Gasteiger partial charge on any atom is 0.222 e. The number of benzene rings is 1. The Balaban J connectivity index is 1.96. The van der Waals surface area contributed by atoms with Gasteiger partial charge in [0.2, 0.25) is 5.91 Å². The standard InChI is InChI=1S/C14H17Cl2NO2/c15-7-1-2-14(18)17-8-9-19-13(10-17)11-3-5-12(16)6-4-11/h3-6,13H,1-2,7-10H2. The molecule has 0 aromatic heterocycles. The zero-order chi connectivity index (χ0) is 13.7. The van der Waals surface area contributed by atoms with Gasteiger partial charge in [0, 0.05) is 23.9 Å². The van der Waals surface area contributed by atoms with Gasteiger partial charge in [0.15, 0.2) is 0 Å². The Morgan fingerprint density at radius 1 is 1.37 bits per heavy atom. The van der Waals surface area contributed by atoms with E-state index in [4.69, 9.17) is 27.9 Å². The van der Waals surface area contributed by atoms with Crippen LogP contribution in [0.25, 0.3) is 0 Å². The molecule has 19 heavy (non-hydrogen) atoms. The van der Waals surface area contributed by atoms with Gasteiger partial charge in [-0.05, 0) is 24.1 Å². The van der Waals surface area contributed by atoms with Crippen LogP contribution in [-0.4, -0.2) is 36.4 Å². The zero-order valence-corrected chi connectivity index (χ0v) is 12.2. The van der Waals surface area contributed by atoms with Gasteiger partial charge in [-0.3, -0.25) is 4.79 Å². The molecule has 5 heteroatoms. The van der Waals surface area contributed by atoms with E-state index in [0.717, 1.165) is 12.0 Å². The topological polar surface area (TPSA) is 29.5 Å². The number of morpholine rings is 1. The molecule has 1 saturated heterocycles. The van der Waals surface area contributed by atoms with Crippen LogP contribution in [0.3, 0.4) is 0 Å². The van der Waals surface area contributed by atoms with Crippen molar-refractivity contribution in [2.45, 2.75) is 18.9 Å². The van der Waals surface area contributed by atoms with E-state index in [0.29, 0.717) is 37.0 Å². The van der Waals surface area contributed by atoms with Crippen LogP contribution in [0, 0.1) is 0 Å². The van der Waals surface area contributed by atoms with Gasteiger partial charge >= 0.3 is 0 Å². The zero-order valence-electron chi connectivity index (χ0n) is 10.6. The Bertz CT molecular complexity index is 422. The van der Waals surface area contributed by atoms with Crippen molar-refractivity contribution in [1.82, 2.24) is 4.90 Å². The molecule has 1 amide bonds. The molecule has 1 aromatic carbocycles. The van der Waals surface area contributed by atoms with Crippen LogP contribution in [0.5, 0.6) is 0 Å². The maximum atomic E-state index is 12.0. The van der Waals surface area contributed by atoms with E-state index in [1.165, 1.54) is 0 Å². The molecule has 104 valence electrons. The number of amides is 1. The van der Waals surface area contributed by atoms with Crippen molar-refractivity contribution in [3.8, 4) is 0 Å². The summed E-state index contributed by atoms with van der Waals surface area (Å²) in [5, 5.41) is 0.703. The van der Waals surface area contributed by atoms with Crippen molar-refractivity contribution in [2.24, 2.45) is 0 Å². The molecule has 1 atom stereocenters. The Hall–Kier alpha value is -0.770. The third-order valence-electron chi connectivity index (χ3n) is 3.19. The summed E-state index contributed by atoms with van der Waals surface area (Å²) in [6, 6.07) is 7.57. The number of rotatable bonds is 4. The first-order valence-corrected chi connectivity index (χ1v) is 7.33.